The molecule has 144 valence electrons. The summed E-state index contributed by atoms with van der Waals surface area (Å²) in [6.45, 7) is 0.157. The highest BCUT2D eigenvalue weighted by molar-refractivity contribution is 7.89. The normalized spacial score (nSPS) is 15.8. The first-order valence-corrected chi connectivity index (χ1v) is 10.4. The topological polar surface area (TPSA) is 74.7 Å². The van der Waals surface area contributed by atoms with Crippen LogP contribution in [0.5, 0.6) is 0 Å². The molecule has 27 heavy (non-hydrogen) atoms. The van der Waals surface area contributed by atoms with Crippen LogP contribution in [-0.4, -0.2) is 29.8 Å². The van der Waals surface area contributed by atoms with E-state index in [1.54, 1.807) is 12.1 Å². The van der Waals surface area contributed by atoms with Gasteiger partial charge in [-0.2, -0.15) is 4.31 Å². The number of rotatable bonds is 6. The predicted octanol–water partition coefficient (Wildman–Crippen LogP) is 4.05. The van der Waals surface area contributed by atoms with Gasteiger partial charge in [0, 0.05) is 12.6 Å². The second-order valence-electron chi connectivity index (χ2n) is 6.80. The molecule has 1 aliphatic rings. The second-order valence-corrected chi connectivity index (χ2v) is 8.69. The Labute approximate surface area is 158 Å². The van der Waals surface area contributed by atoms with Gasteiger partial charge in [0.1, 0.15) is 5.82 Å². The van der Waals surface area contributed by atoms with E-state index in [2.05, 4.69) is 0 Å². The lowest BCUT2D eigenvalue weighted by Crippen LogP contribution is -2.40. The smallest absolute Gasteiger partial charge is 0.335 e. The number of aromatic carboxylic acids is 1. The zero-order valence-electron chi connectivity index (χ0n) is 14.8. The molecule has 1 fully saturated rings. The van der Waals surface area contributed by atoms with E-state index in [4.69, 9.17) is 5.11 Å². The van der Waals surface area contributed by atoms with Crippen molar-refractivity contribution in [1.29, 1.82) is 0 Å². The van der Waals surface area contributed by atoms with Crippen LogP contribution in [-0.2, 0) is 16.6 Å². The van der Waals surface area contributed by atoms with Crippen LogP contribution in [0.2, 0.25) is 0 Å². The number of carbonyl (C=O) groups is 1. The molecule has 3 rings (SSSR count). The molecule has 0 atom stereocenters. The summed E-state index contributed by atoms with van der Waals surface area (Å²) in [6, 6.07) is 11.0. The number of nitrogens with zero attached hydrogens (tertiary/aromatic N) is 1. The maximum Gasteiger partial charge on any atom is 0.335 e. The standard InChI is InChI=1S/C20H22FNO4S/c21-17-10-12-19(13-11-17)27(25,26)22(18-4-2-1-3-5-18)14-15-6-8-16(9-7-15)20(23)24/h6-13,18H,1-5,14H2,(H,23,24). The van der Waals surface area contributed by atoms with Crippen molar-refractivity contribution in [2.45, 2.75) is 49.6 Å². The number of sulfonamides is 1. The molecule has 0 unspecified atom stereocenters. The molecule has 0 amide bonds. The first kappa shape index (κ1) is 19.5. The summed E-state index contributed by atoms with van der Waals surface area (Å²) in [5, 5.41) is 9.02. The molecule has 2 aromatic carbocycles. The lowest BCUT2D eigenvalue weighted by atomic mass is 9.95. The number of hydrogen-bond donors (Lipinski definition) is 1. The monoisotopic (exact) mass is 391 g/mol. The number of benzene rings is 2. The van der Waals surface area contributed by atoms with E-state index in [9.17, 15) is 17.6 Å². The van der Waals surface area contributed by atoms with Gasteiger partial charge >= 0.3 is 5.97 Å². The molecule has 1 aliphatic carbocycles. The third kappa shape index (κ3) is 4.54. The van der Waals surface area contributed by atoms with Crippen LogP contribution in [0.3, 0.4) is 0 Å². The number of hydrogen-bond acceptors (Lipinski definition) is 3. The Morgan fingerprint density at radius 2 is 1.59 bits per heavy atom. The largest absolute Gasteiger partial charge is 0.478 e. The maximum atomic E-state index is 13.2. The van der Waals surface area contributed by atoms with E-state index in [1.807, 2.05) is 0 Å². The zero-order valence-corrected chi connectivity index (χ0v) is 15.7. The van der Waals surface area contributed by atoms with Crippen molar-refractivity contribution in [1.82, 2.24) is 4.31 Å². The average Bonchev–Trinajstić information content (AvgIpc) is 2.67. The Morgan fingerprint density at radius 3 is 2.15 bits per heavy atom. The average molecular weight is 391 g/mol. The first-order valence-electron chi connectivity index (χ1n) is 8.97. The van der Waals surface area contributed by atoms with Gasteiger partial charge in [-0.15, -0.1) is 0 Å². The molecule has 0 radical (unpaired) electrons. The van der Waals surface area contributed by atoms with Crippen molar-refractivity contribution in [3.8, 4) is 0 Å². The number of carboxylic acids is 1. The van der Waals surface area contributed by atoms with Gasteiger partial charge in [-0.05, 0) is 54.8 Å². The van der Waals surface area contributed by atoms with Gasteiger partial charge in [-0.3, -0.25) is 0 Å². The Bertz CT molecular complexity index is 889. The van der Waals surface area contributed by atoms with Crippen LogP contribution in [0.15, 0.2) is 53.4 Å². The molecule has 1 saturated carbocycles. The predicted molar refractivity (Wildman–Crippen MR) is 99.4 cm³/mol. The van der Waals surface area contributed by atoms with Crippen molar-refractivity contribution in [3.63, 3.8) is 0 Å². The molecule has 0 heterocycles. The van der Waals surface area contributed by atoms with Gasteiger partial charge in [0.25, 0.3) is 0 Å². The van der Waals surface area contributed by atoms with Gasteiger partial charge in [-0.25, -0.2) is 17.6 Å². The van der Waals surface area contributed by atoms with Crippen LogP contribution in [0.4, 0.5) is 4.39 Å². The maximum absolute atomic E-state index is 13.2. The Kier molecular flexibility index (Phi) is 5.92. The van der Waals surface area contributed by atoms with Gasteiger partial charge in [0.2, 0.25) is 10.0 Å². The quantitative estimate of drug-likeness (QED) is 0.806. The zero-order chi connectivity index (χ0) is 19.4. The molecule has 0 spiro atoms. The lowest BCUT2D eigenvalue weighted by molar-refractivity contribution is 0.0697. The Balaban J connectivity index is 1.92. The Morgan fingerprint density at radius 1 is 1.00 bits per heavy atom. The van der Waals surface area contributed by atoms with Crippen molar-refractivity contribution in [3.05, 3.63) is 65.5 Å². The fourth-order valence-corrected chi connectivity index (χ4v) is 5.13. The fourth-order valence-electron chi connectivity index (χ4n) is 3.45. The third-order valence-corrected chi connectivity index (χ3v) is 6.85. The SMILES string of the molecule is O=C(O)c1ccc(CN(C2CCCCC2)S(=O)(=O)c2ccc(F)cc2)cc1. The van der Waals surface area contributed by atoms with Crippen LogP contribution in [0.1, 0.15) is 48.0 Å². The minimum absolute atomic E-state index is 0.0663. The molecular weight excluding hydrogens is 369 g/mol. The summed E-state index contributed by atoms with van der Waals surface area (Å²) in [4.78, 5) is 11.1. The van der Waals surface area contributed by atoms with Crippen LogP contribution >= 0.6 is 0 Å². The van der Waals surface area contributed by atoms with E-state index in [0.29, 0.717) is 0 Å². The minimum Gasteiger partial charge on any atom is -0.478 e. The number of carboxylic acid groups (broad SMARTS) is 1. The summed E-state index contributed by atoms with van der Waals surface area (Å²) in [6.07, 6.45) is 4.60. The van der Waals surface area contributed by atoms with Crippen molar-refractivity contribution >= 4 is 16.0 Å². The molecule has 2 aromatic rings. The van der Waals surface area contributed by atoms with Crippen molar-refractivity contribution in [2.24, 2.45) is 0 Å². The highest BCUT2D eigenvalue weighted by Crippen LogP contribution is 2.29. The fraction of sp³-hybridized carbons (Fsp3) is 0.350. The highest BCUT2D eigenvalue weighted by atomic mass is 32.2. The van der Waals surface area contributed by atoms with Crippen LogP contribution < -0.4 is 0 Å². The summed E-state index contributed by atoms with van der Waals surface area (Å²) in [7, 11) is -3.79. The van der Waals surface area contributed by atoms with E-state index in [-0.39, 0.29) is 23.0 Å². The van der Waals surface area contributed by atoms with Crippen molar-refractivity contribution in [2.75, 3.05) is 0 Å². The number of halogens is 1. The minimum atomic E-state index is -3.79. The first-order chi connectivity index (χ1) is 12.9. The van der Waals surface area contributed by atoms with Gasteiger partial charge in [-0.1, -0.05) is 31.4 Å². The summed E-state index contributed by atoms with van der Waals surface area (Å²) in [5.41, 5.74) is 0.876. The molecule has 0 saturated heterocycles. The van der Waals surface area contributed by atoms with Crippen molar-refractivity contribution < 1.29 is 22.7 Å². The Hall–Kier alpha value is -2.25. The second kappa shape index (κ2) is 8.19. The van der Waals surface area contributed by atoms with Gasteiger partial charge in [0.15, 0.2) is 0 Å². The van der Waals surface area contributed by atoms with E-state index in [0.717, 1.165) is 49.8 Å². The van der Waals surface area contributed by atoms with Crippen LogP contribution in [0.25, 0.3) is 0 Å². The molecule has 1 N–H and O–H groups in total. The van der Waals surface area contributed by atoms with Gasteiger partial charge in [0.05, 0.1) is 10.5 Å². The van der Waals surface area contributed by atoms with Gasteiger partial charge < -0.3 is 5.11 Å². The summed E-state index contributed by atoms with van der Waals surface area (Å²) < 4.78 is 41.2. The van der Waals surface area contributed by atoms with E-state index in [1.165, 1.54) is 28.6 Å². The molecule has 0 aliphatic heterocycles. The molecule has 5 nitrogen and oxygen atoms in total. The summed E-state index contributed by atoms with van der Waals surface area (Å²) in [5.74, 6) is -1.51. The molecule has 0 aromatic heterocycles. The third-order valence-electron chi connectivity index (χ3n) is 4.94. The summed E-state index contributed by atoms with van der Waals surface area (Å²) >= 11 is 0. The molecule has 7 heteroatoms. The van der Waals surface area contributed by atoms with E-state index < -0.39 is 21.8 Å². The highest BCUT2D eigenvalue weighted by Gasteiger charge is 2.32. The molecular formula is C20H22FNO4S. The molecule has 0 bridgehead atoms. The van der Waals surface area contributed by atoms with E-state index >= 15 is 0 Å². The van der Waals surface area contributed by atoms with Crippen LogP contribution in [0, 0.1) is 5.82 Å². The lowest BCUT2D eigenvalue weighted by Gasteiger charge is -2.33.